The Morgan fingerprint density at radius 2 is 1.67 bits per heavy atom. The van der Waals surface area contributed by atoms with E-state index < -0.39 is 12.6 Å². The van der Waals surface area contributed by atoms with Gasteiger partial charge in [0.2, 0.25) is 0 Å². The van der Waals surface area contributed by atoms with Crippen molar-refractivity contribution in [3.05, 3.63) is 53.1 Å². The summed E-state index contributed by atoms with van der Waals surface area (Å²) < 4.78 is 16.2. The van der Waals surface area contributed by atoms with Crippen LogP contribution >= 0.6 is 0 Å². The lowest BCUT2D eigenvalue weighted by Crippen LogP contribution is -2.15. The zero-order valence-corrected chi connectivity index (χ0v) is 18.1. The van der Waals surface area contributed by atoms with Crippen molar-refractivity contribution in [2.24, 2.45) is 5.92 Å². The van der Waals surface area contributed by atoms with Crippen LogP contribution < -0.4 is 14.2 Å². The van der Waals surface area contributed by atoms with E-state index in [2.05, 4.69) is 13.8 Å². The molecular formula is C24H30O6. The van der Waals surface area contributed by atoms with Crippen molar-refractivity contribution in [1.82, 2.24) is 0 Å². The standard InChI is InChI=1S/C24H30O6/c1-16(2)5-11-20-22(29-4)14-12-19(24(20)30-15-23(26)27)21(25)13-8-17-6-9-18(28-3)10-7-17/h6-7,9-10,12,14,16H,5,8,11,13,15H2,1-4H3,(H,26,27). The molecule has 6 nitrogen and oxygen atoms in total. The van der Waals surface area contributed by atoms with Crippen molar-refractivity contribution in [3.63, 3.8) is 0 Å². The highest BCUT2D eigenvalue weighted by Gasteiger charge is 2.21. The fourth-order valence-electron chi connectivity index (χ4n) is 3.17. The molecule has 0 atom stereocenters. The van der Waals surface area contributed by atoms with Gasteiger partial charge in [-0.15, -0.1) is 0 Å². The molecule has 0 aromatic heterocycles. The monoisotopic (exact) mass is 414 g/mol. The normalized spacial score (nSPS) is 10.7. The van der Waals surface area contributed by atoms with Gasteiger partial charge in [0, 0.05) is 12.0 Å². The van der Waals surface area contributed by atoms with Crippen LogP contribution in [0.5, 0.6) is 17.2 Å². The van der Waals surface area contributed by atoms with Crippen molar-refractivity contribution in [2.45, 2.75) is 39.5 Å². The Bertz CT molecular complexity index is 855. The molecule has 0 fully saturated rings. The van der Waals surface area contributed by atoms with E-state index in [-0.39, 0.29) is 12.2 Å². The highest BCUT2D eigenvalue weighted by atomic mass is 16.5. The molecule has 6 heteroatoms. The third-order valence-electron chi connectivity index (χ3n) is 4.85. The quantitative estimate of drug-likeness (QED) is 0.512. The predicted octanol–water partition coefficient (Wildman–Crippen LogP) is 4.57. The maximum absolute atomic E-state index is 13.0. The molecule has 0 amide bonds. The first-order valence-electron chi connectivity index (χ1n) is 10.1. The Hall–Kier alpha value is -3.02. The third kappa shape index (κ3) is 6.51. The smallest absolute Gasteiger partial charge is 0.341 e. The van der Waals surface area contributed by atoms with Crippen LogP contribution in [0.3, 0.4) is 0 Å². The van der Waals surface area contributed by atoms with E-state index in [1.165, 1.54) is 0 Å². The van der Waals surface area contributed by atoms with Gasteiger partial charge >= 0.3 is 5.97 Å². The highest BCUT2D eigenvalue weighted by Crippen LogP contribution is 2.35. The Morgan fingerprint density at radius 3 is 2.23 bits per heavy atom. The number of hydrogen-bond acceptors (Lipinski definition) is 5. The number of rotatable bonds is 12. The number of carbonyl (C=O) groups excluding carboxylic acids is 1. The Kier molecular flexibility index (Phi) is 8.71. The maximum Gasteiger partial charge on any atom is 0.341 e. The summed E-state index contributed by atoms with van der Waals surface area (Å²) in [5.74, 6) is 0.930. The first-order valence-corrected chi connectivity index (χ1v) is 10.1. The van der Waals surface area contributed by atoms with Crippen LogP contribution in [-0.2, 0) is 17.6 Å². The number of Topliss-reactive ketones (excluding diaryl/α,β-unsaturated/α-hetero) is 1. The van der Waals surface area contributed by atoms with Crippen LogP contribution in [0.1, 0.15) is 48.2 Å². The molecular weight excluding hydrogens is 384 g/mol. The minimum absolute atomic E-state index is 0.0975. The summed E-state index contributed by atoms with van der Waals surface area (Å²) in [6.07, 6.45) is 2.35. The molecule has 2 aromatic rings. The number of aryl methyl sites for hydroxylation is 1. The van der Waals surface area contributed by atoms with Gasteiger partial charge in [-0.05, 0) is 55.0 Å². The Balaban J connectivity index is 2.29. The zero-order valence-electron chi connectivity index (χ0n) is 18.1. The summed E-state index contributed by atoms with van der Waals surface area (Å²) in [6.45, 7) is 3.70. The second kappa shape index (κ2) is 11.2. The van der Waals surface area contributed by atoms with Crippen molar-refractivity contribution in [3.8, 4) is 17.2 Å². The van der Waals surface area contributed by atoms with E-state index in [1.807, 2.05) is 24.3 Å². The van der Waals surface area contributed by atoms with Gasteiger partial charge in [-0.3, -0.25) is 4.79 Å². The third-order valence-corrected chi connectivity index (χ3v) is 4.85. The second-order valence-electron chi connectivity index (χ2n) is 7.51. The minimum Gasteiger partial charge on any atom is -0.497 e. The molecule has 0 aliphatic rings. The molecule has 2 rings (SSSR count). The molecule has 1 N–H and O–H groups in total. The first kappa shape index (κ1) is 23.3. The topological polar surface area (TPSA) is 82.1 Å². The molecule has 2 aromatic carbocycles. The summed E-state index contributed by atoms with van der Waals surface area (Å²) in [4.78, 5) is 24.1. The average molecular weight is 414 g/mol. The summed E-state index contributed by atoms with van der Waals surface area (Å²) in [7, 11) is 3.16. The molecule has 0 aliphatic heterocycles. The number of ether oxygens (including phenoxy) is 3. The van der Waals surface area contributed by atoms with Gasteiger partial charge in [-0.1, -0.05) is 26.0 Å². The average Bonchev–Trinajstić information content (AvgIpc) is 2.74. The molecule has 162 valence electrons. The molecule has 30 heavy (non-hydrogen) atoms. The van der Waals surface area contributed by atoms with Gasteiger partial charge in [0.15, 0.2) is 12.4 Å². The second-order valence-corrected chi connectivity index (χ2v) is 7.51. The van der Waals surface area contributed by atoms with Gasteiger partial charge in [-0.25, -0.2) is 4.79 Å². The number of aliphatic carboxylic acids is 1. The van der Waals surface area contributed by atoms with Gasteiger partial charge < -0.3 is 19.3 Å². The van der Waals surface area contributed by atoms with Crippen LogP contribution in [0, 0.1) is 5.92 Å². The van der Waals surface area contributed by atoms with E-state index in [4.69, 9.17) is 19.3 Å². The number of ketones is 1. The van der Waals surface area contributed by atoms with Gasteiger partial charge in [0.05, 0.1) is 19.8 Å². The van der Waals surface area contributed by atoms with Gasteiger partial charge in [-0.2, -0.15) is 0 Å². The molecule has 0 unspecified atom stereocenters. The number of carbonyl (C=O) groups is 2. The van der Waals surface area contributed by atoms with Crippen LogP contribution in [0.25, 0.3) is 0 Å². The minimum atomic E-state index is -1.09. The van der Waals surface area contributed by atoms with Crippen molar-refractivity contribution < 1.29 is 28.9 Å². The summed E-state index contributed by atoms with van der Waals surface area (Å²) >= 11 is 0. The molecule has 0 radical (unpaired) electrons. The molecule has 0 bridgehead atoms. The van der Waals surface area contributed by atoms with Crippen LogP contribution in [0.2, 0.25) is 0 Å². The Labute approximate surface area is 177 Å². The van der Waals surface area contributed by atoms with Crippen LogP contribution in [0.15, 0.2) is 36.4 Å². The van der Waals surface area contributed by atoms with E-state index in [9.17, 15) is 9.59 Å². The Morgan fingerprint density at radius 1 is 0.967 bits per heavy atom. The highest BCUT2D eigenvalue weighted by molar-refractivity contribution is 5.99. The van der Waals surface area contributed by atoms with Gasteiger partial charge in [0.1, 0.15) is 17.2 Å². The zero-order chi connectivity index (χ0) is 22.1. The van der Waals surface area contributed by atoms with Gasteiger partial charge in [0.25, 0.3) is 0 Å². The van der Waals surface area contributed by atoms with Crippen molar-refractivity contribution in [2.75, 3.05) is 20.8 Å². The van der Waals surface area contributed by atoms with E-state index in [0.717, 1.165) is 23.3 Å². The van der Waals surface area contributed by atoms with Crippen LogP contribution in [-0.4, -0.2) is 37.7 Å². The van der Waals surface area contributed by atoms with E-state index in [1.54, 1.807) is 26.4 Å². The van der Waals surface area contributed by atoms with E-state index >= 15 is 0 Å². The predicted molar refractivity (Wildman–Crippen MR) is 115 cm³/mol. The lowest BCUT2D eigenvalue weighted by molar-refractivity contribution is -0.139. The summed E-state index contributed by atoms with van der Waals surface area (Å²) in [5.41, 5.74) is 2.15. The van der Waals surface area contributed by atoms with Crippen LogP contribution in [0.4, 0.5) is 0 Å². The largest absolute Gasteiger partial charge is 0.497 e. The fourth-order valence-corrected chi connectivity index (χ4v) is 3.17. The molecule has 0 spiro atoms. The summed E-state index contributed by atoms with van der Waals surface area (Å²) in [5, 5.41) is 9.08. The fraction of sp³-hybridized carbons (Fsp3) is 0.417. The van der Waals surface area contributed by atoms with Crippen molar-refractivity contribution >= 4 is 11.8 Å². The molecule has 0 saturated heterocycles. The van der Waals surface area contributed by atoms with E-state index in [0.29, 0.717) is 35.8 Å². The number of carboxylic acids is 1. The molecule has 0 heterocycles. The number of hydrogen-bond donors (Lipinski definition) is 1. The van der Waals surface area contributed by atoms with Crippen molar-refractivity contribution in [1.29, 1.82) is 0 Å². The number of methoxy groups -OCH3 is 2. The summed E-state index contributed by atoms with van der Waals surface area (Å²) in [6, 6.07) is 11.0. The lowest BCUT2D eigenvalue weighted by Gasteiger charge is -2.18. The number of carboxylic acid groups (broad SMARTS) is 1. The maximum atomic E-state index is 13.0. The molecule has 0 aliphatic carbocycles. The number of benzene rings is 2. The SMILES string of the molecule is COc1ccc(CCC(=O)c2ccc(OC)c(CCC(C)C)c2OCC(=O)O)cc1. The molecule has 0 saturated carbocycles. The first-order chi connectivity index (χ1) is 14.3. The lowest BCUT2D eigenvalue weighted by atomic mass is 9.95.